The van der Waals surface area contributed by atoms with Crippen LogP contribution in [0.3, 0.4) is 0 Å². The lowest BCUT2D eigenvalue weighted by atomic mass is 10.2. The highest BCUT2D eigenvalue weighted by Gasteiger charge is 2.16. The number of rotatable bonds is 4. The van der Waals surface area contributed by atoms with Crippen LogP contribution in [0.4, 0.5) is 0 Å². The van der Waals surface area contributed by atoms with Crippen molar-refractivity contribution in [3.63, 3.8) is 0 Å². The summed E-state index contributed by atoms with van der Waals surface area (Å²) in [5.41, 5.74) is -0.359. The van der Waals surface area contributed by atoms with Crippen LogP contribution in [-0.2, 0) is 9.53 Å². The molecule has 0 saturated carbocycles. The molecule has 0 aliphatic rings. The summed E-state index contributed by atoms with van der Waals surface area (Å²) < 4.78 is 5.29. The van der Waals surface area contributed by atoms with Gasteiger partial charge >= 0.3 is 5.97 Å². The number of nitrogens with one attached hydrogen (secondary N) is 1. The Labute approximate surface area is 78.6 Å². The monoisotopic (exact) mass is 187 g/mol. The first-order chi connectivity index (χ1) is 5.72. The van der Waals surface area contributed by atoms with Crippen molar-refractivity contribution in [2.24, 2.45) is 0 Å². The molecule has 0 bridgehead atoms. The number of carbonyl (C=O) groups is 1. The lowest BCUT2D eigenvalue weighted by Gasteiger charge is -2.24. The average molecular weight is 187 g/mol. The predicted octanol–water partition coefficient (Wildman–Crippen LogP) is 1.34. The van der Waals surface area contributed by atoms with E-state index in [0.717, 1.165) is 0 Å². The average Bonchev–Trinajstić information content (AvgIpc) is 1.81. The van der Waals surface area contributed by atoms with E-state index in [1.807, 2.05) is 20.8 Å². The van der Waals surface area contributed by atoms with E-state index in [-0.39, 0.29) is 11.5 Å². The highest BCUT2D eigenvalue weighted by atomic mass is 16.5. The molecule has 0 amide bonds. The van der Waals surface area contributed by atoms with E-state index in [1.165, 1.54) is 6.92 Å². The van der Waals surface area contributed by atoms with Crippen LogP contribution in [0.25, 0.3) is 0 Å². The largest absolute Gasteiger partial charge is 0.480 e. The Morgan fingerprint density at radius 1 is 1.54 bits per heavy atom. The van der Waals surface area contributed by atoms with Crippen LogP contribution in [0.2, 0.25) is 0 Å². The van der Waals surface area contributed by atoms with Crippen LogP contribution in [0.5, 0.6) is 0 Å². The summed E-state index contributed by atoms with van der Waals surface area (Å²) in [6, 6.07) is -0.685. The molecule has 1 unspecified atom stereocenters. The second-order valence-electron chi connectivity index (χ2n) is 3.84. The van der Waals surface area contributed by atoms with E-state index in [2.05, 4.69) is 11.9 Å². The van der Waals surface area contributed by atoms with Crippen molar-refractivity contribution in [2.45, 2.75) is 39.3 Å². The van der Waals surface area contributed by atoms with Gasteiger partial charge in [0.1, 0.15) is 11.6 Å². The molecule has 0 radical (unpaired) electrons. The maximum absolute atomic E-state index is 10.4. The first kappa shape index (κ1) is 11.8. The lowest BCUT2D eigenvalue weighted by molar-refractivity contribution is -0.139. The summed E-state index contributed by atoms with van der Waals surface area (Å²) in [7, 11) is 0. The van der Waals surface area contributed by atoms with Gasteiger partial charge in [-0.3, -0.25) is 4.79 Å². The minimum atomic E-state index is -0.932. The number of carboxylic acids is 1. The molecule has 13 heavy (non-hydrogen) atoms. The molecule has 1 atom stereocenters. The molecular weight excluding hydrogens is 170 g/mol. The Balaban J connectivity index is 3.96. The van der Waals surface area contributed by atoms with Crippen molar-refractivity contribution in [2.75, 3.05) is 0 Å². The second-order valence-corrected chi connectivity index (χ2v) is 3.84. The quantitative estimate of drug-likeness (QED) is 0.652. The smallest absolute Gasteiger partial charge is 0.325 e. The molecule has 0 aromatic carbocycles. The van der Waals surface area contributed by atoms with Crippen molar-refractivity contribution in [3.05, 3.63) is 12.5 Å². The number of hydrogen-bond acceptors (Lipinski definition) is 3. The van der Waals surface area contributed by atoms with E-state index >= 15 is 0 Å². The molecule has 0 rings (SSSR count). The van der Waals surface area contributed by atoms with E-state index in [4.69, 9.17) is 9.84 Å². The molecule has 0 aliphatic heterocycles. The predicted molar refractivity (Wildman–Crippen MR) is 50.2 cm³/mol. The van der Waals surface area contributed by atoms with Crippen molar-refractivity contribution in [1.82, 2.24) is 5.32 Å². The molecule has 4 nitrogen and oxygen atoms in total. The van der Waals surface area contributed by atoms with Gasteiger partial charge in [0.15, 0.2) is 5.88 Å². The van der Waals surface area contributed by atoms with Gasteiger partial charge in [-0.1, -0.05) is 0 Å². The molecule has 0 saturated heterocycles. The number of carboxylic acid groups (broad SMARTS) is 1. The first-order valence-corrected chi connectivity index (χ1v) is 4.09. The van der Waals surface area contributed by atoms with Gasteiger partial charge in [-0.05, 0) is 34.3 Å². The molecule has 0 aromatic heterocycles. The minimum Gasteiger partial charge on any atom is -0.480 e. The van der Waals surface area contributed by atoms with Crippen LogP contribution in [-0.4, -0.2) is 22.7 Å². The number of aliphatic carboxylic acids is 1. The summed E-state index contributed by atoms with van der Waals surface area (Å²) in [5, 5.41) is 11.2. The van der Waals surface area contributed by atoms with Gasteiger partial charge in [0.25, 0.3) is 0 Å². The van der Waals surface area contributed by atoms with Crippen molar-refractivity contribution < 1.29 is 14.6 Å². The highest BCUT2D eigenvalue weighted by molar-refractivity contribution is 5.73. The molecule has 0 spiro atoms. The van der Waals surface area contributed by atoms with E-state index < -0.39 is 12.0 Å². The Bertz CT molecular complexity index is 205. The standard InChI is InChI=1S/C9H17NO3/c1-6(8(11)12)10-7(2)13-9(3,4)5/h6,10H,2H2,1,3-5H3,(H,11,12). The van der Waals surface area contributed by atoms with Gasteiger partial charge in [0.05, 0.1) is 0 Å². The van der Waals surface area contributed by atoms with Gasteiger partial charge < -0.3 is 15.2 Å². The van der Waals surface area contributed by atoms with Crippen molar-refractivity contribution in [1.29, 1.82) is 0 Å². The molecule has 0 fully saturated rings. The fourth-order valence-corrected chi connectivity index (χ4v) is 0.702. The van der Waals surface area contributed by atoms with Gasteiger partial charge in [0, 0.05) is 0 Å². The van der Waals surface area contributed by atoms with E-state index in [0.29, 0.717) is 0 Å². The summed E-state index contributed by atoms with van der Waals surface area (Å²) in [6.45, 7) is 10.7. The van der Waals surface area contributed by atoms with Crippen molar-refractivity contribution in [3.8, 4) is 0 Å². The third-order valence-electron chi connectivity index (χ3n) is 1.18. The van der Waals surface area contributed by atoms with E-state index in [9.17, 15) is 4.79 Å². The SMILES string of the molecule is C=C(NC(C)C(=O)O)OC(C)(C)C. The zero-order valence-corrected chi connectivity index (χ0v) is 8.55. The number of hydrogen-bond donors (Lipinski definition) is 2. The Hall–Kier alpha value is -1.19. The summed E-state index contributed by atoms with van der Waals surface area (Å²) in [5.74, 6) is -0.652. The highest BCUT2D eigenvalue weighted by Crippen LogP contribution is 2.10. The van der Waals surface area contributed by atoms with Crippen LogP contribution in [0.1, 0.15) is 27.7 Å². The molecule has 0 heterocycles. The summed E-state index contributed by atoms with van der Waals surface area (Å²) >= 11 is 0. The molecule has 0 aliphatic carbocycles. The van der Waals surface area contributed by atoms with Crippen LogP contribution in [0.15, 0.2) is 12.5 Å². The fourth-order valence-electron chi connectivity index (χ4n) is 0.702. The molecule has 2 N–H and O–H groups in total. The van der Waals surface area contributed by atoms with E-state index in [1.54, 1.807) is 0 Å². The molecule has 4 heteroatoms. The Morgan fingerprint density at radius 2 is 2.00 bits per heavy atom. The maximum atomic E-state index is 10.4. The Kier molecular flexibility index (Phi) is 3.78. The zero-order valence-electron chi connectivity index (χ0n) is 8.55. The maximum Gasteiger partial charge on any atom is 0.325 e. The van der Waals surface area contributed by atoms with Gasteiger partial charge in [-0.2, -0.15) is 0 Å². The minimum absolute atomic E-state index is 0.280. The Morgan fingerprint density at radius 3 is 2.31 bits per heavy atom. The normalized spacial score (nSPS) is 13.2. The molecule has 0 aromatic rings. The van der Waals surface area contributed by atoms with Crippen molar-refractivity contribution >= 4 is 5.97 Å². The third-order valence-corrected chi connectivity index (χ3v) is 1.18. The second kappa shape index (κ2) is 4.16. The van der Waals surface area contributed by atoms with Crippen LogP contribution in [0, 0.1) is 0 Å². The molecular formula is C9H17NO3. The van der Waals surface area contributed by atoms with Gasteiger partial charge in [-0.25, -0.2) is 0 Å². The third kappa shape index (κ3) is 6.02. The summed E-state index contributed by atoms with van der Waals surface area (Å²) in [4.78, 5) is 10.4. The summed E-state index contributed by atoms with van der Waals surface area (Å²) in [6.07, 6.45) is 0. The van der Waals surface area contributed by atoms with Gasteiger partial charge in [-0.15, -0.1) is 0 Å². The fraction of sp³-hybridized carbons (Fsp3) is 0.667. The first-order valence-electron chi connectivity index (χ1n) is 4.09. The zero-order chi connectivity index (χ0) is 10.6. The number of ether oxygens (including phenoxy) is 1. The van der Waals surface area contributed by atoms with Crippen LogP contribution >= 0.6 is 0 Å². The lowest BCUT2D eigenvalue weighted by Crippen LogP contribution is -2.35. The molecule has 76 valence electrons. The van der Waals surface area contributed by atoms with Crippen LogP contribution < -0.4 is 5.32 Å². The topological polar surface area (TPSA) is 58.6 Å². The van der Waals surface area contributed by atoms with Gasteiger partial charge in [0.2, 0.25) is 0 Å².